The van der Waals surface area contributed by atoms with E-state index in [9.17, 15) is 4.79 Å². The number of carbonyl (C=O) groups is 1. The first-order valence-electron chi connectivity index (χ1n) is 7.86. The number of aromatic amines is 1. The van der Waals surface area contributed by atoms with E-state index in [2.05, 4.69) is 27.6 Å². The molecule has 0 spiro atoms. The predicted molar refractivity (Wildman–Crippen MR) is 99.9 cm³/mol. The molecule has 0 saturated heterocycles. The van der Waals surface area contributed by atoms with Crippen LogP contribution in [0.25, 0.3) is 10.9 Å². The number of aromatic nitrogens is 2. The number of carbonyl (C=O) groups excluding carboxylic acids is 1. The number of H-pyrrole nitrogens is 1. The van der Waals surface area contributed by atoms with Gasteiger partial charge in [0.1, 0.15) is 0 Å². The first-order chi connectivity index (χ1) is 11.8. The standard InChI is InChI=1S/C18H20N4OS/c19-9-8-17(24-12-13-4-2-1-3-5-13)18(23)21-15-6-7-16-14(10-15)11-20-22-16/h1-7,10-11,17H,8-9,12,19H2,(H,20,22)(H,21,23). The van der Waals surface area contributed by atoms with E-state index in [1.54, 1.807) is 18.0 Å². The summed E-state index contributed by atoms with van der Waals surface area (Å²) in [6.45, 7) is 0.487. The Morgan fingerprint density at radius 3 is 2.88 bits per heavy atom. The number of rotatable bonds is 7. The molecule has 0 fully saturated rings. The number of hydrogen-bond donors (Lipinski definition) is 3. The fraction of sp³-hybridized carbons (Fsp3) is 0.222. The zero-order chi connectivity index (χ0) is 16.8. The highest BCUT2D eigenvalue weighted by Crippen LogP contribution is 2.23. The predicted octanol–water partition coefficient (Wildman–Crippen LogP) is 3.15. The summed E-state index contributed by atoms with van der Waals surface area (Å²) in [6.07, 6.45) is 2.39. The summed E-state index contributed by atoms with van der Waals surface area (Å²) in [5.74, 6) is 0.781. The highest BCUT2D eigenvalue weighted by molar-refractivity contribution is 7.99. The molecule has 24 heavy (non-hydrogen) atoms. The Kier molecular flexibility index (Phi) is 5.51. The summed E-state index contributed by atoms with van der Waals surface area (Å²) in [6, 6.07) is 15.8. The maximum Gasteiger partial charge on any atom is 0.237 e. The number of amides is 1. The minimum absolute atomic E-state index is 0.00998. The first kappa shape index (κ1) is 16.5. The van der Waals surface area contributed by atoms with Crippen molar-refractivity contribution in [2.75, 3.05) is 11.9 Å². The van der Waals surface area contributed by atoms with Crippen LogP contribution in [-0.2, 0) is 10.5 Å². The third-order valence-electron chi connectivity index (χ3n) is 3.72. The van der Waals surface area contributed by atoms with Gasteiger partial charge in [0.2, 0.25) is 5.91 Å². The third-order valence-corrected chi connectivity index (χ3v) is 5.08. The fourth-order valence-corrected chi connectivity index (χ4v) is 3.55. The van der Waals surface area contributed by atoms with Crippen LogP contribution in [0.4, 0.5) is 5.69 Å². The van der Waals surface area contributed by atoms with Crippen molar-refractivity contribution in [3.05, 3.63) is 60.3 Å². The van der Waals surface area contributed by atoms with Crippen LogP contribution < -0.4 is 11.1 Å². The molecule has 2 aromatic carbocycles. The average Bonchev–Trinajstić information content (AvgIpc) is 3.07. The van der Waals surface area contributed by atoms with Crippen LogP contribution in [0, 0.1) is 0 Å². The molecule has 0 radical (unpaired) electrons. The third kappa shape index (κ3) is 4.15. The molecule has 1 atom stereocenters. The Balaban J connectivity index is 1.64. The summed E-state index contributed by atoms with van der Waals surface area (Å²) in [5.41, 5.74) is 8.61. The van der Waals surface area contributed by atoms with Crippen molar-refractivity contribution in [1.82, 2.24) is 10.2 Å². The van der Waals surface area contributed by atoms with Gasteiger partial charge in [0.25, 0.3) is 0 Å². The van der Waals surface area contributed by atoms with Crippen LogP contribution in [0.15, 0.2) is 54.7 Å². The van der Waals surface area contributed by atoms with E-state index in [0.29, 0.717) is 13.0 Å². The van der Waals surface area contributed by atoms with Crippen LogP contribution in [0.1, 0.15) is 12.0 Å². The second-order valence-corrected chi connectivity index (χ2v) is 6.71. The van der Waals surface area contributed by atoms with Gasteiger partial charge in [-0.05, 0) is 36.7 Å². The van der Waals surface area contributed by atoms with E-state index in [4.69, 9.17) is 5.73 Å². The van der Waals surface area contributed by atoms with Crippen LogP contribution in [0.5, 0.6) is 0 Å². The molecule has 5 nitrogen and oxygen atoms in total. The number of fused-ring (bicyclic) bond motifs is 1. The molecule has 0 aliphatic rings. The molecule has 1 heterocycles. The van der Waals surface area contributed by atoms with Gasteiger partial charge in [-0.1, -0.05) is 30.3 Å². The number of benzene rings is 2. The topological polar surface area (TPSA) is 83.8 Å². The Bertz CT molecular complexity index is 803. The number of nitrogens with one attached hydrogen (secondary N) is 2. The van der Waals surface area contributed by atoms with Crippen molar-refractivity contribution in [2.45, 2.75) is 17.4 Å². The molecule has 4 N–H and O–H groups in total. The van der Waals surface area contributed by atoms with Crippen molar-refractivity contribution < 1.29 is 4.79 Å². The molecule has 6 heteroatoms. The van der Waals surface area contributed by atoms with Crippen LogP contribution in [0.3, 0.4) is 0 Å². The Morgan fingerprint density at radius 2 is 2.08 bits per heavy atom. The highest BCUT2D eigenvalue weighted by atomic mass is 32.2. The lowest BCUT2D eigenvalue weighted by Crippen LogP contribution is -2.27. The molecule has 3 rings (SSSR count). The normalized spacial score (nSPS) is 12.2. The number of thioether (sulfide) groups is 1. The SMILES string of the molecule is NCCC(SCc1ccccc1)C(=O)Nc1ccc2[nH]ncc2c1. The van der Waals surface area contributed by atoms with Gasteiger partial charge in [-0.15, -0.1) is 11.8 Å². The Morgan fingerprint density at radius 1 is 1.25 bits per heavy atom. The fourth-order valence-electron chi connectivity index (χ4n) is 2.46. The first-order valence-corrected chi connectivity index (χ1v) is 8.91. The van der Waals surface area contributed by atoms with Gasteiger partial charge in [-0.3, -0.25) is 9.89 Å². The lowest BCUT2D eigenvalue weighted by molar-refractivity contribution is -0.115. The second kappa shape index (κ2) is 7.99. The summed E-state index contributed by atoms with van der Waals surface area (Å²) < 4.78 is 0. The van der Waals surface area contributed by atoms with E-state index in [0.717, 1.165) is 22.3 Å². The minimum atomic E-state index is -0.171. The molecule has 3 aromatic rings. The highest BCUT2D eigenvalue weighted by Gasteiger charge is 2.18. The summed E-state index contributed by atoms with van der Waals surface area (Å²) in [4.78, 5) is 12.6. The number of nitrogens with zero attached hydrogens (tertiary/aromatic N) is 1. The average molecular weight is 340 g/mol. The number of anilines is 1. The number of nitrogens with two attached hydrogens (primary N) is 1. The van der Waals surface area contributed by atoms with E-state index in [1.165, 1.54) is 5.56 Å². The van der Waals surface area contributed by atoms with E-state index in [1.807, 2.05) is 36.4 Å². The Hall–Kier alpha value is -2.31. The van der Waals surface area contributed by atoms with Gasteiger partial charge in [0.05, 0.1) is 17.0 Å². The summed E-state index contributed by atoms with van der Waals surface area (Å²) >= 11 is 1.62. The maximum atomic E-state index is 12.6. The molecule has 0 bridgehead atoms. The van der Waals surface area contributed by atoms with Gasteiger partial charge >= 0.3 is 0 Å². The molecule has 0 saturated carbocycles. The van der Waals surface area contributed by atoms with Gasteiger partial charge in [0.15, 0.2) is 0 Å². The van der Waals surface area contributed by atoms with Gasteiger partial charge in [-0.2, -0.15) is 5.10 Å². The van der Waals surface area contributed by atoms with Gasteiger partial charge in [-0.25, -0.2) is 0 Å². The molecule has 1 amide bonds. The van der Waals surface area contributed by atoms with Crippen molar-refractivity contribution in [2.24, 2.45) is 5.73 Å². The largest absolute Gasteiger partial charge is 0.330 e. The molecule has 124 valence electrons. The molecular weight excluding hydrogens is 320 g/mol. The minimum Gasteiger partial charge on any atom is -0.330 e. The van der Waals surface area contributed by atoms with Crippen molar-refractivity contribution in [1.29, 1.82) is 0 Å². The molecule has 0 aliphatic carbocycles. The van der Waals surface area contributed by atoms with E-state index >= 15 is 0 Å². The zero-order valence-corrected chi connectivity index (χ0v) is 14.1. The van der Waals surface area contributed by atoms with Crippen molar-refractivity contribution in [3.63, 3.8) is 0 Å². The van der Waals surface area contributed by atoms with Crippen LogP contribution in [-0.4, -0.2) is 27.9 Å². The Labute approximate surface area is 145 Å². The summed E-state index contributed by atoms with van der Waals surface area (Å²) in [7, 11) is 0. The maximum absolute atomic E-state index is 12.6. The molecule has 0 aliphatic heterocycles. The van der Waals surface area contributed by atoms with Crippen molar-refractivity contribution >= 4 is 34.3 Å². The van der Waals surface area contributed by atoms with Gasteiger partial charge in [0, 0.05) is 16.8 Å². The van der Waals surface area contributed by atoms with Crippen molar-refractivity contribution in [3.8, 4) is 0 Å². The lowest BCUT2D eigenvalue weighted by Gasteiger charge is -2.16. The molecule has 1 unspecified atom stereocenters. The smallest absolute Gasteiger partial charge is 0.237 e. The van der Waals surface area contributed by atoms with Crippen LogP contribution >= 0.6 is 11.8 Å². The van der Waals surface area contributed by atoms with E-state index in [-0.39, 0.29) is 11.2 Å². The quantitative estimate of drug-likeness (QED) is 0.617. The number of hydrogen-bond acceptors (Lipinski definition) is 4. The summed E-state index contributed by atoms with van der Waals surface area (Å²) in [5, 5.41) is 10.7. The van der Waals surface area contributed by atoms with Crippen LogP contribution in [0.2, 0.25) is 0 Å². The van der Waals surface area contributed by atoms with E-state index < -0.39 is 0 Å². The molecular formula is C18H20N4OS. The second-order valence-electron chi connectivity index (χ2n) is 5.52. The molecule has 1 aromatic heterocycles. The van der Waals surface area contributed by atoms with Gasteiger partial charge < -0.3 is 11.1 Å². The lowest BCUT2D eigenvalue weighted by atomic mass is 10.2. The monoisotopic (exact) mass is 340 g/mol. The zero-order valence-electron chi connectivity index (χ0n) is 13.2.